The Labute approximate surface area is 638 Å². The number of thioether (sulfide) groups is 1. The number of fused-ring (bicyclic) bond motifs is 9. The molecule has 0 aliphatic heterocycles. The van der Waals surface area contributed by atoms with Gasteiger partial charge in [0.05, 0.1) is 31.4 Å². The molecule has 0 bridgehead atoms. The summed E-state index contributed by atoms with van der Waals surface area (Å²) in [7, 11) is 10.6. The number of ketones is 7. The lowest BCUT2D eigenvalue weighted by Crippen LogP contribution is -2.58. The lowest BCUT2D eigenvalue weighted by atomic mass is 9.59. The van der Waals surface area contributed by atoms with Crippen LogP contribution in [-0.4, -0.2) is 184 Å². The molecule has 568 valence electrons. The maximum absolute atomic E-state index is 13.8. The predicted octanol–water partition coefficient (Wildman–Crippen LogP) is 5.55. The zero-order valence-corrected chi connectivity index (χ0v) is 62.4. The van der Waals surface area contributed by atoms with Crippen molar-refractivity contribution in [3.63, 3.8) is 0 Å². The molecule has 31 heteroatoms. The number of phenols is 3. The molecule has 29 nitrogen and oxygen atoms in total. The molecule has 3 fully saturated rings. The van der Waals surface area contributed by atoms with E-state index in [1.165, 1.54) is 12.1 Å². The number of rotatable bonds is 10. The Morgan fingerprint density at radius 3 is 1.11 bits per heavy atom. The SMILES string of the molecule is CN(C)c1cc(C(=O)c2ccccc2)c(O)c2c1C[C@H]1C[C@H]3CC(=O)C(C(N)=O)=C(O)[C@@]3(O)C(=O)C1=C2O.CN(C)c1cc(I)c(O)c2c1C[C@H]1C[C@H]3CC(=O)C(C(N)=O)=C(O)[C@@]3(O)C(=O)C1=C2O.Cc1ccc(SC(=O)c2cc(N(C)C)c3c(c2O)C(O)=C2C(=O)[C@]4(O)C(O)=C(C(N)=O)C(=O)C[C@@H]4C[C@@H]2C3)cc1. The molecule has 0 spiro atoms. The van der Waals surface area contributed by atoms with E-state index >= 15 is 0 Å². The highest BCUT2D eigenvalue weighted by atomic mass is 127. The van der Waals surface area contributed by atoms with E-state index < -0.39 is 191 Å². The lowest BCUT2D eigenvalue weighted by molar-refractivity contribution is -0.148. The second-order valence-corrected chi connectivity index (χ2v) is 31.4. The third-order valence-electron chi connectivity index (χ3n) is 22.3. The summed E-state index contributed by atoms with van der Waals surface area (Å²) in [6, 6.07) is 20.3. The van der Waals surface area contributed by atoms with Crippen molar-refractivity contribution in [3.8, 4) is 17.2 Å². The molecule has 14 rings (SSSR count). The van der Waals surface area contributed by atoms with Gasteiger partial charge in [-0.2, -0.15) is 0 Å². The van der Waals surface area contributed by atoms with Crippen molar-refractivity contribution in [1.82, 2.24) is 0 Å². The summed E-state index contributed by atoms with van der Waals surface area (Å²) in [5.74, 6) is -21.0. The van der Waals surface area contributed by atoms with Gasteiger partial charge in [0.15, 0.2) is 39.9 Å². The number of aryl methyl sites for hydroxylation is 1. The van der Waals surface area contributed by atoms with Gasteiger partial charge in [-0.3, -0.25) is 52.7 Å². The minimum Gasteiger partial charge on any atom is -0.508 e. The molecule has 9 aliphatic carbocycles. The fourth-order valence-corrected chi connectivity index (χ4v) is 18.3. The van der Waals surface area contributed by atoms with Crippen LogP contribution in [0.4, 0.5) is 17.1 Å². The topological polar surface area (TPSA) is 518 Å². The van der Waals surface area contributed by atoms with Gasteiger partial charge in [0.1, 0.15) is 68.5 Å². The quantitative estimate of drug-likeness (QED) is 0.0353. The molecule has 18 N–H and O–H groups in total. The Morgan fingerprint density at radius 1 is 0.450 bits per heavy atom. The molecule has 9 aliphatic rings. The Balaban J connectivity index is 0.000000154. The van der Waals surface area contributed by atoms with Crippen LogP contribution in [0.5, 0.6) is 17.2 Å². The van der Waals surface area contributed by atoms with Gasteiger partial charge in [0.25, 0.3) is 17.7 Å². The van der Waals surface area contributed by atoms with Crippen molar-refractivity contribution in [2.24, 2.45) is 52.7 Å². The van der Waals surface area contributed by atoms with E-state index in [9.17, 15) is 114 Å². The van der Waals surface area contributed by atoms with E-state index in [1.54, 1.807) is 86.5 Å². The summed E-state index contributed by atoms with van der Waals surface area (Å²) >= 11 is 2.82. The Bertz CT molecular complexity index is 5220. The predicted molar refractivity (Wildman–Crippen MR) is 401 cm³/mol. The zero-order valence-electron chi connectivity index (χ0n) is 59.5. The number of phenolic OH excluding ortho intramolecular Hbond substituents is 3. The van der Waals surface area contributed by atoms with E-state index in [1.807, 2.05) is 60.6 Å². The number of hydrogen-bond acceptors (Lipinski definition) is 27. The number of hydrogen-bond donors (Lipinski definition) is 15. The molecule has 3 amide bonds. The van der Waals surface area contributed by atoms with Crippen molar-refractivity contribution >= 4 is 132 Å². The van der Waals surface area contributed by atoms with Gasteiger partial charge in [0, 0.05) is 124 Å². The van der Waals surface area contributed by atoms with Crippen molar-refractivity contribution in [3.05, 3.63) is 183 Å². The van der Waals surface area contributed by atoms with Crippen LogP contribution in [-0.2, 0) is 62.4 Å². The third kappa shape index (κ3) is 12.1. The van der Waals surface area contributed by atoms with Gasteiger partial charge in [-0.15, -0.1) is 0 Å². The number of nitrogens with zero attached hydrogens (tertiary/aromatic N) is 3. The number of amides is 3. The highest BCUT2D eigenvalue weighted by Crippen LogP contribution is 2.58. The largest absolute Gasteiger partial charge is 0.508 e. The first-order chi connectivity index (χ1) is 51.1. The summed E-state index contributed by atoms with van der Waals surface area (Å²) in [4.78, 5) is 146. The highest BCUT2D eigenvalue weighted by Gasteiger charge is 2.64. The maximum Gasteiger partial charge on any atom is 0.255 e. The fourth-order valence-electron chi connectivity index (χ4n) is 17.0. The van der Waals surface area contributed by atoms with Gasteiger partial charge in [0.2, 0.25) is 22.5 Å². The van der Waals surface area contributed by atoms with Crippen LogP contribution in [0.15, 0.2) is 128 Å². The average Bonchev–Trinajstić information content (AvgIpc) is 0.715. The average molecular weight is 1620 g/mol. The number of aliphatic hydroxyl groups excluding tert-OH is 6. The molecule has 3 saturated carbocycles. The van der Waals surface area contributed by atoms with Crippen molar-refractivity contribution in [2.75, 3.05) is 57.0 Å². The van der Waals surface area contributed by atoms with Gasteiger partial charge in [-0.25, -0.2) is 0 Å². The van der Waals surface area contributed by atoms with Gasteiger partial charge < -0.3 is 93.2 Å². The maximum atomic E-state index is 13.8. The second-order valence-electron chi connectivity index (χ2n) is 29.2. The van der Waals surface area contributed by atoms with Crippen LogP contribution in [0.1, 0.15) is 104 Å². The molecule has 109 heavy (non-hydrogen) atoms. The number of benzene rings is 5. The minimum absolute atomic E-state index is 0.0283. The molecule has 0 heterocycles. The standard InChI is InChI=1S/C29H28N2O8S.C28H26N2O8.C21H21IN2O7/c1-12-4-6-15(7-5-12)40-28(38)17-11-18(31(2)3)16-9-13-8-14-10-19(32)22(27(30)37)26(36)29(14,39)25(35)20(13)24(34)21(16)23(17)33;1-30(2)17-11-16(22(32)12-6-4-3-5-7-12)23(33)20-15(17)9-13-8-14-10-18(31)21(27(29)37)26(36)28(14,38)25(35)19(13)24(20)34;1-24(2)11-6-10(22)16(26)14-9(11)4-7-3-8-5-12(25)15(20(23)30)19(29)21(8,31)18(28)13(7)17(14)27/h4-7,11,13-14,33-34,36,39H,8-10H2,1-3H3,(H2,30,37);3-7,11,13-14,33-34,36,38H,8-10H2,1-2H3,(H2,29,37);6-8,26-27,29,31H,3-5H2,1-2H3,(H2,23,30)/t13-,14+,29+;13-,14+,28+;7-,8+,21+/m111/s1. The van der Waals surface area contributed by atoms with E-state index in [0.29, 0.717) is 42.1 Å². The summed E-state index contributed by atoms with van der Waals surface area (Å²) < 4.78 is 0.465. The number of primary amides is 3. The summed E-state index contributed by atoms with van der Waals surface area (Å²) in [5, 5.41) is 133. The van der Waals surface area contributed by atoms with Gasteiger partial charge in [-0.05, 0) is 145 Å². The number of carbonyl (C=O) groups excluding carboxylic acids is 11. The Morgan fingerprint density at radius 2 is 0.771 bits per heavy atom. The molecule has 0 aromatic heterocycles. The van der Waals surface area contributed by atoms with Crippen molar-refractivity contribution < 1.29 is 114 Å². The molecular weight excluding hydrogens is 1550 g/mol. The highest BCUT2D eigenvalue weighted by molar-refractivity contribution is 14.1. The number of carbonyl (C=O) groups is 11. The number of Topliss-reactive ketones (excluding diaryl/α,β-unsaturated/α-hetero) is 6. The van der Waals surface area contributed by atoms with E-state index in [-0.39, 0.29) is 95.2 Å². The fraction of sp³-hybridized carbons (Fsp3) is 0.321. The molecule has 5 aromatic rings. The molecule has 9 atom stereocenters. The van der Waals surface area contributed by atoms with Crippen LogP contribution < -0.4 is 31.9 Å². The first kappa shape index (κ1) is 77.5. The molecule has 5 aromatic carbocycles. The normalized spacial score (nSPS) is 25.2. The van der Waals surface area contributed by atoms with E-state index in [4.69, 9.17) is 17.2 Å². The Hall–Kier alpha value is -11.1. The van der Waals surface area contributed by atoms with E-state index in [0.717, 1.165) is 23.0 Å². The van der Waals surface area contributed by atoms with Crippen LogP contribution in [0.3, 0.4) is 0 Å². The third-order valence-corrected chi connectivity index (χ3v) is 24.0. The number of nitrogens with two attached hydrogens (primary N) is 3. The van der Waals surface area contributed by atoms with Crippen LogP contribution in [0, 0.1) is 46.0 Å². The number of aromatic hydroxyl groups is 3. The summed E-state index contributed by atoms with van der Waals surface area (Å²) in [6.45, 7) is 1.92. The van der Waals surface area contributed by atoms with Gasteiger partial charge in [-0.1, -0.05) is 48.0 Å². The first-order valence-electron chi connectivity index (χ1n) is 34.2. The number of halogens is 1. The second kappa shape index (κ2) is 27.8. The smallest absolute Gasteiger partial charge is 0.255 e. The molecule has 0 radical (unpaired) electrons. The van der Waals surface area contributed by atoms with Crippen LogP contribution >= 0.6 is 34.4 Å². The van der Waals surface area contributed by atoms with Crippen LogP contribution in [0.25, 0.3) is 17.3 Å². The number of anilines is 3. The lowest BCUT2D eigenvalue weighted by Gasteiger charge is -2.46. The Kier molecular flexibility index (Phi) is 19.8. The molecule has 0 unspecified atom stereocenters. The summed E-state index contributed by atoms with van der Waals surface area (Å²) in [5.41, 5.74) is 9.11. The zero-order chi connectivity index (χ0) is 79.9. The van der Waals surface area contributed by atoms with Gasteiger partial charge >= 0.3 is 0 Å². The van der Waals surface area contributed by atoms with E-state index in [2.05, 4.69) is 0 Å². The van der Waals surface area contributed by atoms with Crippen molar-refractivity contribution in [2.45, 2.75) is 86.4 Å². The minimum atomic E-state index is -2.65. The first-order valence-corrected chi connectivity index (χ1v) is 36.1. The number of aliphatic hydroxyl groups is 9. The van der Waals surface area contributed by atoms with Crippen LogP contribution in [0.2, 0.25) is 0 Å². The molecule has 0 saturated heterocycles. The monoisotopic (exact) mass is 1620 g/mol. The summed E-state index contributed by atoms with van der Waals surface area (Å²) in [6.07, 6.45) is -0.364. The molecular formula is C78H75IN6O23S. The van der Waals surface area contributed by atoms with Crippen molar-refractivity contribution in [1.29, 1.82) is 0 Å².